The quantitative estimate of drug-likeness (QED) is 0.174. The molecule has 0 unspecified atom stereocenters. The minimum absolute atomic E-state index is 0.0677. The number of rotatable bonds is 5. The normalized spacial score (nSPS) is 10.9. The number of thioether (sulfide) groups is 1. The fourth-order valence-electron chi connectivity index (χ4n) is 2.78. The van der Waals surface area contributed by atoms with Gasteiger partial charge in [-0.1, -0.05) is 60.3 Å². The Bertz CT molecular complexity index is 1190. The van der Waals surface area contributed by atoms with Crippen molar-refractivity contribution in [1.29, 1.82) is 0 Å². The second kappa shape index (κ2) is 7.97. The number of nitrogens with one attached hydrogen (secondary N) is 1. The lowest BCUT2D eigenvalue weighted by molar-refractivity contribution is -0.118. The molecule has 0 radical (unpaired) electrons. The van der Waals surface area contributed by atoms with Gasteiger partial charge in [-0.25, -0.2) is 10.8 Å². The van der Waals surface area contributed by atoms with Crippen molar-refractivity contribution in [3.63, 3.8) is 0 Å². The summed E-state index contributed by atoms with van der Waals surface area (Å²) in [7, 11) is 0. The van der Waals surface area contributed by atoms with E-state index in [9.17, 15) is 9.59 Å². The van der Waals surface area contributed by atoms with Crippen LogP contribution < -0.4 is 16.8 Å². The number of hydrogen-bond donors (Lipinski definition) is 2. The Labute approximate surface area is 169 Å². The average Bonchev–Trinajstić information content (AvgIpc) is 3.18. The summed E-state index contributed by atoms with van der Waals surface area (Å²) in [6.07, 6.45) is 0. The number of fused-ring (bicyclic) bond motifs is 1. The van der Waals surface area contributed by atoms with Crippen LogP contribution in [-0.2, 0) is 4.79 Å². The maximum atomic E-state index is 13.3. The Hall–Kier alpha value is -2.94. The molecule has 0 aliphatic carbocycles. The monoisotopic (exact) mass is 408 g/mol. The first-order valence-corrected chi connectivity index (χ1v) is 10.3. The lowest BCUT2D eigenvalue weighted by Crippen LogP contribution is -2.32. The highest BCUT2D eigenvalue weighted by atomic mass is 32.2. The summed E-state index contributed by atoms with van der Waals surface area (Å²) in [5.74, 6) is 4.90. The lowest BCUT2D eigenvalue weighted by Gasteiger charge is -2.11. The molecule has 4 rings (SSSR count). The summed E-state index contributed by atoms with van der Waals surface area (Å²) in [6.45, 7) is 0. The molecule has 2 aromatic carbocycles. The zero-order valence-electron chi connectivity index (χ0n) is 14.7. The van der Waals surface area contributed by atoms with Gasteiger partial charge in [-0.15, -0.1) is 11.3 Å². The zero-order chi connectivity index (χ0) is 19.5. The van der Waals surface area contributed by atoms with Crippen LogP contribution in [0.4, 0.5) is 0 Å². The highest BCUT2D eigenvalue weighted by Crippen LogP contribution is 2.32. The second-order valence-corrected chi connectivity index (χ2v) is 7.90. The molecule has 0 fully saturated rings. The number of benzene rings is 2. The Balaban J connectivity index is 1.89. The van der Waals surface area contributed by atoms with Crippen molar-refractivity contribution in [2.75, 3.05) is 5.75 Å². The van der Waals surface area contributed by atoms with Gasteiger partial charge in [0.05, 0.1) is 16.8 Å². The molecule has 0 atom stereocenters. The van der Waals surface area contributed by atoms with E-state index in [-0.39, 0.29) is 17.2 Å². The van der Waals surface area contributed by atoms with E-state index < -0.39 is 0 Å². The average molecular weight is 409 g/mol. The summed E-state index contributed by atoms with van der Waals surface area (Å²) in [4.78, 5) is 31.2. The third-order valence-electron chi connectivity index (χ3n) is 4.10. The van der Waals surface area contributed by atoms with E-state index in [1.165, 1.54) is 27.7 Å². The molecule has 28 heavy (non-hydrogen) atoms. The molecule has 2 heterocycles. The molecule has 0 aliphatic rings. The zero-order valence-corrected chi connectivity index (χ0v) is 16.3. The molecule has 8 heteroatoms. The van der Waals surface area contributed by atoms with Gasteiger partial charge >= 0.3 is 0 Å². The number of para-hydroxylation sites is 1. The molecule has 0 bridgehead atoms. The molecule has 6 nitrogen and oxygen atoms in total. The van der Waals surface area contributed by atoms with Crippen LogP contribution in [0, 0.1) is 0 Å². The van der Waals surface area contributed by atoms with Crippen LogP contribution in [0.15, 0.2) is 76.7 Å². The van der Waals surface area contributed by atoms with E-state index in [4.69, 9.17) is 5.84 Å². The molecule has 0 saturated carbocycles. The SMILES string of the molecule is NNC(=O)CSc1nc2sc(-c3ccccc3)cc2c(=O)n1-c1ccccc1. The van der Waals surface area contributed by atoms with Gasteiger partial charge in [0.2, 0.25) is 5.91 Å². The highest BCUT2D eigenvalue weighted by Gasteiger charge is 2.17. The largest absolute Gasteiger partial charge is 0.294 e. The number of carbonyl (C=O) groups excluding carboxylic acids is 1. The number of hydrogen-bond acceptors (Lipinski definition) is 6. The number of carbonyl (C=O) groups is 1. The molecule has 0 aliphatic heterocycles. The summed E-state index contributed by atoms with van der Waals surface area (Å²) in [6, 6.07) is 21.0. The molecular weight excluding hydrogens is 392 g/mol. The van der Waals surface area contributed by atoms with Crippen LogP contribution >= 0.6 is 23.1 Å². The topological polar surface area (TPSA) is 90.0 Å². The summed E-state index contributed by atoms with van der Waals surface area (Å²) in [5, 5.41) is 1.01. The number of hydrazine groups is 1. The number of aromatic nitrogens is 2. The standard InChI is InChI=1S/C20H16N4O2S2/c21-23-17(25)12-27-20-22-18-15(11-16(28-18)13-7-3-1-4-8-13)19(26)24(20)14-9-5-2-6-10-14/h1-11H,12,21H2,(H,23,25). The van der Waals surface area contributed by atoms with Crippen molar-refractivity contribution in [3.05, 3.63) is 77.1 Å². The minimum atomic E-state index is -0.338. The van der Waals surface area contributed by atoms with Crippen LogP contribution in [-0.4, -0.2) is 21.2 Å². The first-order chi connectivity index (χ1) is 13.7. The molecule has 0 spiro atoms. The molecule has 2 aromatic heterocycles. The summed E-state index contributed by atoms with van der Waals surface area (Å²) < 4.78 is 1.54. The number of nitrogens with zero attached hydrogens (tertiary/aromatic N) is 2. The van der Waals surface area contributed by atoms with Gasteiger partial charge in [-0.2, -0.15) is 0 Å². The fourth-order valence-corrected chi connectivity index (χ4v) is 4.68. The summed E-state index contributed by atoms with van der Waals surface area (Å²) in [5.41, 5.74) is 3.67. The molecule has 140 valence electrons. The molecule has 3 N–H and O–H groups in total. The summed E-state index contributed by atoms with van der Waals surface area (Å²) >= 11 is 2.63. The third-order valence-corrected chi connectivity index (χ3v) is 6.12. The molecular formula is C20H16N4O2S2. The van der Waals surface area contributed by atoms with Gasteiger partial charge in [0.25, 0.3) is 5.56 Å². The number of nitrogens with two attached hydrogens (primary N) is 1. The van der Waals surface area contributed by atoms with Crippen LogP contribution in [0.25, 0.3) is 26.3 Å². The van der Waals surface area contributed by atoms with Gasteiger partial charge in [0.15, 0.2) is 5.16 Å². The third kappa shape index (κ3) is 3.57. The van der Waals surface area contributed by atoms with Crippen molar-refractivity contribution in [2.45, 2.75) is 5.16 Å². The highest BCUT2D eigenvalue weighted by molar-refractivity contribution is 7.99. The van der Waals surface area contributed by atoms with Gasteiger partial charge < -0.3 is 0 Å². The smallest absolute Gasteiger partial charge is 0.267 e. The fraction of sp³-hybridized carbons (Fsp3) is 0.0500. The van der Waals surface area contributed by atoms with E-state index in [2.05, 4.69) is 10.4 Å². The van der Waals surface area contributed by atoms with E-state index in [1.54, 1.807) is 0 Å². The lowest BCUT2D eigenvalue weighted by atomic mass is 10.2. The minimum Gasteiger partial charge on any atom is -0.294 e. The van der Waals surface area contributed by atoms with E-state index in [0.29, 0.717) is 21.1 Å². The Morgan fingerprint density at radius 1 is 1.11 bits per heavy atom. The maximum absolute atomic E-state index is 13.3. The van der Waals surface area contributed by atoms with Gasteiger partial charge in [0, 0.05) is 4.88 Å². The first-order valence-electron chi connectivity index (χ1n) is 8.47. The molecule has 0 saturated heterocycles. The molecule has 4 aromatic rings. The van der Waals surface area contributed by atoms with Gasteiger partial charge in [-0.3, -0.25) is 19.6 Å². The van der Waals surface area contributed by atoms with Crippen molar-refractivity contribution in [1.82, 2.24) is 15.0 Å². The number of amides is 1. The predicted molar refractivity (Wildman–Crippen MR) is 114 cm³/mol. The first kappa shape index (κ1) is 18.4. The van der Waals surface area contributed by atoms with Crippen LogP contribution in [0.3, 0.4) is 0 Å². The second-order valence-electron chi connectivity index (χ2n) is 5.92. The number of thiophene rings is 1. The molecule has 1 amide bonds. The van der Waals surface area contributed by atoms with Crippen molar-refractivity contribution >= 4 is 39.2 Å². The van der Waals surface area contributed by atoms with Gasteiger partial charge in [-0.05, 0) is 23.8 Å². The van der Waals surface area contributed by atoms with Crippen molar-refractivity contribution in [2.24, 2.45) is 5.84 Å². The predicted octanol–water partition coefficient (Wildman–Crippen LogP) is 3.20. The van der Waals surface area contributed by atoms with Crippen LogP contribution in [0.5, 0.6) is 0 Å². The Kier molecular flexibility index (Phi) is 5.25. The van der Waals surface area contributed by atoms with Crippen molar-refractivity contribution in [3.8, 4) is 16.1 Å². The Morgan fingerprint density at radius 2 is 1.79 bits per heavy atom. The van der Waals surface area contributed by atoms with E-state index in [0.717, 1.165) is 10.4 Å². The van der Waals surface area contributed by atoms with Gasteiger partial charge in [0.1, 0.15) is 4.83 Å². The van der Waals surface area contributed by atoms with E-state index in [1.807, 2.05) is 66.7 Å². The van der Waals surface area contributed by atoms with Crippen molar-refractivity contribution < 1.29 is 4.79 Å². The van der Waals surface area contributed by atoms with Crippen LogP contribution in [0.1, 0.15) is 0 Å². The van der Waals surface area contributed by atoms with Crippen LogP contribution in [0.2, 0.25) is 0 Å². The maximum Gasteiger partial charge on any atom is 0.267 e. The van der Waals surface area contributed by atoms with E-state index >= 15 is 0 Å². The Morgan fingerprint density at radius 3 is 2.46 bits per heavy atom.